The van der Waals surface area contributed by atoms with Gasteiger partial charge in [0.25, 0.3) is 0 Å². The third-order valence-electron chi connectivity index (χ3n) is 4.72. The second-order valence-electron chi connectivity index (χ2n) is 6.97. The van der Waals surface area contributed by atoms with Gasteiger partial charge in [-0.3, -0.25) is 0 Å². The standard InChI is InChI=1S/C20H38O5/c1-2-3-4-5-6-7-8-9-10-11-12-13-14-24-18-16-25-20(19(18)23)17(22)15-21/h5-6,17-23H,2-4,7-16H2,1H3/b6-5+/t17-,18+,19-,20-/m1/s1. The zero-order chi connectivity index (χ0) is 18.3. The highest BCUT2D eigenvalue weighted by molar-refractivity contribution is 4.88. The van der Waals surface area contributed by atoms with Gasteiger partial charge in [-0.05, 0) is 25.7 Å². The third-order valence-corrected chi connectivity index (χ3v) is 4.72. The van der Waals surface area contributed by atoms with Gasteiger partial charge in [-0.15, -0.1) is 0 Å². The average Bonchev–Trinajstić information content (AvgIpc) is 2.99. The summed E-state index contributed by atoms with van der Waals surface area (Å²) in [5.41, 5.74) is 0. The van der Waals surface area contributed by atoms with Crippen molar-refractivity contribution >= 4 is 0 Å². The Morgan fingerprint density at radius 2 is 1.68 bits per heavy atom. The van der Waals surface area contributed by atoms with Crippen LogP contribution in [0.1, 0.15) is 71.1 Å². The number of ether oxygens (including phenoxy) is 2. The molecular weight excluding hydrogens is 320 g/mol. The minimum atomic E-state index is -1.05. The largest absolute Gasteiger partial charge is 0.394 e. The van der Waals surface area contributed by atoms with E-state index in [0.717, 1.165) is 12.8 Å². The summed E-state index contributed by atoms with van der Waals surface area (Å²) in [5.74, 6) is 0. The highest BCUT2D eigenvalue weighted by Crippen LogP contribution is 2.20. The second kappa shape index (κ2) is 14.7. The van der Waals surface area contributed by atoms with Gasteiger partial charge < -0.3 is 24.8 Å². The van der Waals surface area contributed by atoms with Gasteiger partial charge in [0.05, 0.1) is 13.2 Å². The Kier molecular flexibility index (Phi) is 13.3. The molecule has 148 valence electrons. The summed E-state index contributed by atoms with van der Waals surface area (Å²) in [6, 6.07) is 0. The fraction of sp³-hybridized carbons (Fsp3) is 0.900. The molecule has 1 heterocycles. The maximum atomic E-state index is 10.0. The minimum Gasteiger partial charge on any atom is -0.394 e. The molecule has 1 fully saturated rings. The summed E-state index contributed by atoms with van der Waals surface area (Å²) >= 11 is 0. The molecule has 1 rings (SSSR count). The lowest BCUT2D eigenvalue weighted by Crippen LogP contribution is -2.41. The number of hydrogen-bond donors (Lipinski definition) is 3. The normalized spacial score (nSPS) is 25.0. The van der Waals surface area contributed by atoms with Crippen molar-refractivity contribution in [3.63, 3.8) is 0 Å². The van der Waals surface area contributed by atoms with Crippen molar-refractivity contribution in [1.82, 2.24) is 0 Å². The molecule has 0 radical (unpaired) electrons. The Morgan fingerprint density at radius 1 is 1.04 bits per heavy atom. The Morgan fingerprint density at radius 3 is 2.36 bits per heavy atom. The number of unbranched alkanes of at least 4 members (excludes halogenated alkanes) is 8. The van der Waals surface area contributed by atoms with Gasteiger partial charge in [-0.2, -0.15) is 0 Å². The molecule has 5 nitrogen and oxygen atoms in total. The van der Waals surface area contributed by atoms with E-state index in [-0.39, 0.29) is 6.61 Å². The summed E-state index contributed by atoms with van der Waals surface area (Å²) in [6.45, 7) is 2.69. The van der Waals surface area contributed by atoms with Crippen LogP contribution in [-0.2, 0) is 9.47 Å². The molecule has 1 saturated heterocycles. The van der Waals surface area contributed by atoms with E-state index in [4.69, 9.17) is 14.6 Å². The first kappa shape index (κ1) is 22.6. The first-order valence-corrected chi connectivity index (χ1v) is 10.1. The van der Waals surface area contributed by atoms with Crippen molar-refractivity contribution in [2.75, 3.05) is 19.8 Å². The predicted molar refractivity (Wildman–Crippen MR) is 99.6 cm³/mol. The zero-order valence-electron chi connectivity index (χ0n) is 15.8. The van der Waals surface area contributed by atoms with Crippen LogP contribution in [0, 0.1) is 0 Å². The van der Waals surface area contributed by atoms with Crippen molar-refractivity contribution < 1.29 is 24.8 Å². The first-order valence-electron chi connectivity index (χ1n) is 10.1. The maximum Gasteiger partial charge on any atom is 0.114 e. The van der Waals surface area contributed by atoms with Crippen LogP contribution in [0.5, 0.6) is 0 Å². The molecular formula is C20H38O5. The number of aliphatic hydroxyl groups is 3. The lowest BCUT2D eigenvalue weighted by molar-refractivity contribution is -0.0730. The molecule has 1 aliphatic heterocycles. The molecule has 5 heteroatoms. The van der Waals surface area contributed by atoms with E-state index >= 15 is 0 Å². The van der Waals surface area contributed by atoms with Gasteiger partial charge in [0, 0.05) is 6.61 Å². The van der Waals surface area contributed by atoms with Crippen molar-refractivity contribution in [3.8, 4) is 0 Å². The summed E-state index contributed by atoms with van der Waals surface area (Å²) in [5, 5.41) is 28.5. The number of rotatable bonds is 15. The van der Waals surface area contributed by atoms with Gasteiger partial charge in [0.15, 0.2) is 0 Å². The Bertz CT molecular complexity index is 334. The summed E-state index contributed by atoms with van der Waals surface area (Å²) < 4.78 is 11.0. The van der Waals surface area contributed by atoms with Gasteiger partial charge >= 0.3 is 0 Å². The summed E-state index contributed by atoms with van der Waals surface area (Å²) in [4.78, 5) is 0. The number of allylic oxidation sites excluding steroid dienone is 2. The van der Waals surface area contributed by atoms with Crippen molar-refractivity contribution in [2.24, 2.45) is 0 Å². The highest BCUT2D eigenvalue weighted by atomic mass is 16.6. The predicted octanol–water partition coefficient (Wildman–Crippen LogP) is 2.96. The van der Waals surface area contributed by atoms with E-state index in [1.807, 2.05) is 0 Å². The molecule has 0 aliphatic carbocycles. The van der Waals surface area contributed by atoms with Crippen LogP contribution in [0.2, 0.25) is 0 Å². The van der Waals surface area contributed by atoms with Crippen LogP contribution in [0.25, 0.3) is 0 Å². The molecule has 0 amide bonds. The molecule has 4 atom stereocenters. The molecule has 0 aromatic heterocycles. The van der Waals surface area contributed by atoms with Gasteiger partial charge in [0.2, 0.25) is 0 Å². The summed E-state index contributed by atoms with van der Waals surface area (Å²) in [6.07, 6.45) is 13.7. The SMILES string of the molecule is CCCC/C=C/CCCCCCCCO[C@H]1CO[C@H]([C@H](O)CO)[C@@H]1O. The topological polar surface area (TPSA) is 79.2 Å². The van der Waals surface area contributed by atoms with E-state index in [1.54, 1.807) is 0 Å². The summed E-state index contributed by atoms with van der Waals surface area (Å²) in [7, 11) is 0. The monoisotopic (exact) mass is 358 g/mol. The van der Waals surface area contributed by atoms with E-state index in [0.29, 0.717) is 6.61 Å². The van der Waals surface area contributed by atoms with Crippen LogP contribution < -0.4 is 0 Å². The molecule has 0 aromatic carbocycles. The molecule has 1 aliphatic rings. The van der Waals surface area contributed by atoms with Crippen molar-refractivity contribution in [3.05, 3.63) is 12.2 Å². The lowest BCUT2D eigenvalue weighted by atomic mass is 10.1. The van der Waals surface area contributed by atoms with Crippen LogP contribution in [0.3, 0.4) is 0 Å². The van der Waals surface area contributed by atoms with Crippen LogP contribution >= 0.6 is 0 Å². The second-order valence-corrected chi connectivity index (χ2v) is 6.97. The zero-order valence-corrected chi connectivity index (χ0v) is 15.8. The molecule has 0 spiro atoms. The Hall–Kier alpha value is -0.460. The van der Waals surface area contributed by atoms with Crippen LogP contribution in [0.4, 0.5) is 0 Å². The molecule has 0 saturated carbocycles. The smallest absolute Gasteiger partial charge is 0.114 e. The fourth-order valence-electron chi connectivity index (χ4n) is 3.07. The first-order chi connectivity index (χ1) is 12.2. The lowest BCUT2D eigenvalue weighted by Gasteiger charge is -2.20. The third kappa shape index (κ3) is 9.71. The molecule has 3 N–H and O–H groups in total. The number of aliphatic hydroxyl groups excluding tert-OH is 3. The van der Waals surface area contributed by atoms with Gasteiger partial charge in [-0.1, -0.05) is 57.6 Å². The van der Waals surface area contributed by atoms with Crippen LogP contribution in [0.15, 0.2) is 12.2 Å². The van der Waals surface area contributed by atoms with E-state index in [9.17, 15) is 10.2 Å². The average molecular weight is 359 g/mol. The molecule has 25 heavy (non-hydrogen) atoms. The molecule has 0 bridgehead atoms. The van der Waals surface area contributed by atoms with E-state index in [1.165, 1.54) is 51.4 Å². The Labute approximate surface area is 153 Å². The van der Waals surface area contributed by atoms with Gasteiger partial charge in [-0.25, -0.2) is 0 Å². The number of hydrogen-bond acceptors (Lipinski definition) is 5. The van der Waals surface area contributed by atoms with E-state index < -0.39 is 31.0 Å². The Balaban J connectivity index is 1.90. The van der Waals surface area contributed by atoms with Crippen LogP contribution in [-0.4, -0.2) is 59.6 Å². The maximum absolute atomic E-state index is 10.0. The molecule has 0 unspecified atom stereocenters. The quantitative estimate of drug-likeness (QED) is 0.310. The van der Waals surface area contributed by atoms with E-state index in [2.05, 4.69) is 19.1 Å². The van der Waals surface area contributed by atoms with Gasteiger partial charge in [0.1, 0.15) is 24.4 Å². The molecule has 0 aromatic rings. The highest BCUT2D eigenvalue weighted by Gasteiger charge is 2.40. The van der Waals surface area contributed by atoms with Crippen molar-refractivity contribution in [2.45, 2.75) is 95.5 Å². The fourth-order valence-corrected chi connectivity index (χ4v) is 3.07. The van der Waals surface area contributed by atoms with Crippen molar-refractivity contribution in [1.29, 1.82) is 0 Å². The minimum absolute atomic E-state index is 0.272.